The van der Waals surface area contributed by atoms with E-state index in [0.29, 0.717) is 11.6 Å². The van der Waals surface area contributed by atoms with Gasteiger partial charge in [0.25, 0.3) is 0 Å². The Kier molecular flexibility index (Phi) is 6.37. The molecule has 0 aromatic rings. The van der Waals surface area contributed by atoms with Crippen LogP contribution >= 0.6 is 0 Å². The average Bonchev–Trinajstić information content (AvgIpc) is 2.72. The Morgan fingerprint density at radius 2 is 2.00 bits per heavy atom. The van der Waals surface area contributed by atoms with Crippen molar-refractivity contribution < 1.29 is 4.74 Å². The molecule has 0 aliphatic heterocycles. The van der Waals surface area contributed by atoms with Crippen molar-refractivity contribution in [3.05, 3.63) is 0 Å². The summed E-state index contributed by atoms with van der Waals surface area (Å²) in [7, 11) is 1.81. The second-order valence-electron chi connectivity index (χ2n) is 5.42. The maximum atomic E-state index is 5.25. The van der Waals surface area contributed by atoms with Gasteiger partial charge in [0.05, 0.1) is 0 Å². The van der Waals surface area contributed by atoms with E-state index >= 15 is 0 Å². The number of hydrogen-bond donors (Lipinski definition) is 1. The molecule has 1 aliphatic carbocycles. The van der Waals surface area contributed by atoms with E-state index < -0.39 is 0 Å². The summed E-state index contributed by atoms with van der Waals surface area (Å²) < 4.78 is 5.25. The van der Waals surface area contributed by atoms with Gasteiger partial charge >= 0.3 is 0 Å². The standard InChI is InChI=1S/C14H29NO/c1-4-5-8-13(2)15-14(11-12-16-3)9-6-7-10-14/h13,15H,4-12H2,1-3H3. The molecule has 1 fully saturated rings. The minimum atomic E-state index is 0.392. The maximum Gasteiger partial charge on any atom is 0.0479 e. The van der Waals surface area contributed by atoms with Gasteiger partial charge < -0.3 is 10.1 Å². The lowest BCUT2D eigenvalue weighted by Gasteiger charge is -2.34. The van der Waals surface area contributed by atoms with E-state index in [1.54, 1.807) is 0 Å². The van der Waals surface area contributed by atoms with Gasteiger partial charge in [-0.2, -0.15) is 0 Å². The minimum absolute atomic E-state index is 0.392. The molecule has 2 heteroatoms. The van der Waals surface area contributed by atoms with Gasteiger partial charge in [0, 0.05) is 25.3 Å². The Balaban J connectivity index is 2.37. The van der Waals surface area contributed by atoms with Gasteiger partial charge in [0.15, 0.2) is 0 Å². The summed E-state index contributed by atoms with van der Waals surface area (Å²) in [4.78, 5) is 0. The average molecular weight is 227 g/mol. The normalized spacial score (nSPS) is 21.2. The van der Waals surface area contributed by atoms with E-state index in [9.17, 15) is 0 Å². The van der Waals surface area contributed by atoms with Gasteiger partial charge in [-0.1, -0.05) is 32.6 Å². The molecule has 0 aromatic carbocycles. The van der Waals surface area contributed by atoms with E-state index in [0.717, 1.165) is 6.61 Å². The van der Waals surface area contributed by atoms with Crippen molar-refractivity contribution in [1.29, 1.82) is 0 Å². The fraction of sp³-hybridized carbons (Fsp3) is 1.00. The number of nitrogens with one attached hydrogen (secondary N) is 1. The SMILES string of the molecule is CCCCC(C)NC1(CCOC)CCCC1. The first kappa shape index (κ1) is 14.0. The highest BCUT2D eigenvalue weighted by atomic mass is 16.5. The highest BCUT2D eigenvalue weighted by molar-refractivity contribution is 4.94. The van der Waals surface area contributed by atoms with Crippen LogP contribution in [0.25, 0.3) is 0 Å². The maximum absolute atomic E-state index is 5.25. The molecule has 16 heavy (non-hydrogen) atoms. The Labute approximate surface area is 101 Å². The van der Waals surface area contributed by atoms with Crippen LogP contribution in [0.5, 0.6) is 0 Å². The lowest BCUT2D eigenvalue weighted by atomic mass is 9.92. The van der Waals surface area contributed by atoms with Gasteiger partial charge in [0.2, 0.25) is 0 Å². The summed E-state index contributed by atoms with van der Waals surface area (Å²) in [6, 6.07) is 0.662. The number of methoxy groups -OCH3 is 1. The van der Waals surface area contributed by atoms with Gasteiger partial charge in [0.1, 0.15) is 0 Å². The third-order valence-electron chi connectivity index (χ3n) is 3.89. The van der Waals surface area contributed by atoms with Crippen molar-refractivity contribution in [2.45, 2.75) is 76.8 Å². The molecule has 1 unspecified atom stereocenters. The Hall–Kier alpha value is -0.0800. The van der Waals surface area contributed by atoms with Crippen LogP contribution < -0.4 is 5.32 Å². The summed E-state index contributed by atoms with van der Waals surface area (Å²) in [5.74, 6) is 0. The molecule has 1 rings (SSSR count). The third-order valence-corrected chi connectivity index (χ3v) is 3.89. The molecule has 1 atom stereocenters. The Bertz CT molecular complexity index is 176. The van der Waals surface area contributed by atoms with Crippen LogP contribution in [0, 0.1) is 0 Å². The largest absolute Gasteiger partial charge is 0.385 e. The van der Waals surface area contributed by atoms with Crippen molar-refractivity contribution >= 4 is 0 Å². The van der Waals surface area contributed by atoms with Crippen molar-refractivity contribution in [3.8, 4) is 0 Å². The minimum Gasteiger partial charge on any atom is -0.385 e. The van der Waals surface area contributed by atoms with Crippen molar-refractivity contribution in [2.24, 2.45) is 0 Å². The predicted octanol–water partition coefficient (Wildman–Crippen LogP) is 3.50. The quantitative estimate of drug-likeness (QED) is 0.685. The van der Waals surface area contributed by atoms with E-state index in [1.165, 1.54) is 51.4 Å². The van der Waals surface area contributed by atoms with E-state index in [2.05, 4.69) is 19.2 Å². The third kappa shape index (κ3) is 4.42. The zero-order valence-corrected chi connectivity index (χ0v) is 11.3. The highest BCUT2D eigenvalue weighted by Gasteiger charge is 2.33. The van der Waals surface area contributed by atoms with Crippen LogP contribution in [0.3, 0.4) is 0 Å². The molecule has 0 radical (unpaired) electrons. The first-order valence-corrected chi connectivity index (χ1v) is 6.99. The molecular weight excluding hydrogens is 198 g/mol. The van der Waals surface area contributed by atoms with Crippen LogP contribution in [0.1, 0.15) is 65.2 Å². The van der Waals surface area contributed by atoms with Gasteiger partial charge in [-0.15, -0.1) is 0 Å². The monoisotopic (exact) mass is 227 g/mol. The zero-order valence-electron chi connectivity index (χ0n) is 11.3. The molecule has 0 aromatic heterocycles. The topological polar surface area (TPSA) is 21.3 Å². The first-order valence-electron chi connectivity index (χ1n) is 6.99. The number of ether oxygens (including phenoxy) is 1. The molecule has 1 aliphatic rings. The molecule has 96 valence electrons. The molecular formula is C14H29NO. The second-order valence-corrected chi connectivity index (χ2v) is 5.42. The fourth-order valence-electron chi connectivity index (χ4n) is 2.92. The van der Waals surface area contributed by atoms with Crippen molar-refractivity contribution in [2.75, 3.05) is 13.7 Å². The van der Waals surface area contributed by atoms with E-state index in [4.69, 9.17) is 4.74 Å². The van der Waals surface area contributed by atoms with Gasteiger partial charge in [-0.05, 0) is 32.6 Å². The van der Waals surface area contributed by atoms with E-state index in [1.807, 2.05) is 7.11 Å². The summed E-state index contributed by atoms with van der Waals surface area (Å²) in [6.45, 7) is 5.50. The lowest BCUT2D eigenvalue weighted by molar-refractivity contribution is 0.148. The van der Waals surface area contributed by atoms with Crippen LogP contribution in [-0.4, -0.2) is 25.3 Å². The zero-order chi connectivity index (χ0) is 11.9. The summed E-state index contributed by atoms with van der Waals surface area (Å²) in [5.41, 5.74) is 0.392. The number of unbranched alkanes of at least 4 members (excludes halogenated alkanes) is 1. The van der Waals surface area contributed by atoms with Crippen molar-refractivity contribution in [1.82, 2.24) is 5.32 Å². The van der Waals surface area contributed by atoms with Crippen LogP contribution in [0.4, 0.5) is 0 Å². The summed E-state index contributed by atoms with van der Waals surface area (Å²) in [6.07, 6.45) is 10.6. The van der Waals surface area contributed by atoms with Gasteiger partial charge in [-0.25, -0.2) is 0 Å². The molecule has 0 heterocycles. The van der Waals surface area contributed by atoms with Gasteiger partial charge in [-0.3, -0.25) is 0 Å². The van der Waals surface area contributed by atoms with Crippen molar-refractivity contribution in [3.63, 3.8) is 0 Å². The smallest absolute Gasteiger partial charge is 0.0479 e. The fourth-order valence-corrected chi connectivity index (χ4v) is 2.92. The molecule has 0 bridgehead atoms. The molecule has 0 saturated heterocycles. The molecule has 1 saturated carbocycles. The first-order chi connectivity index (χ1) is 7.72. The number of hydrogen-bond acceptors (Lipinski definition) is 2. The Morgan fingerprint density at radius 1 is 1.31 bits per heavy atom. The van der Waals surface area contributed by atoms with Crippen LogP contribution in [0.2, 0.25) is 0 Å². The molecule has 0 amide bonds. The Morgan fingerprint density at radius 3 is 2.56 bits per heavy atom. The highest BCUT2D eigenvalue weighted by Crippen LogP contribution is 2.33. The molecule has 2 nitrogen and oxygen atoms in total. The molecule has 0 spiro atoms. The summed E-state index contributed by atoms with van der Waals surface area (Å²) >= 11 is 0. The van der Waals surface area contributed by atoms with Crippen LogP contribution in [0.15, 0.2) is 0 Å². The number of rotatable bonds is 8. The van der Waals surface area contributed by atoms with Crippen LogP contribution in [-0.2, 0) is 4.74 Å². The summed E-state index contributed by atoms with van der Waals surface area (Å²) in [5, 5.41) is 3.88. The van der Waals surface area contributed by atoms with E-state index in [-0.39, 0.29) is 0 Å². The lowest BCUT2D eigenvalue weighted by Crippen LogP contribution is -2.48. The molecule has 1 N–H and O–H groups in total. The second kappa shape index (κ2) is 7.29. The predicted molar refractivity (Wildman–Crippen MR) is 69.8 cm³/mol.